The molecule has 0 radical (unpaired) electrons. The van der Waals surface area contributed by atoms with E-state index in [0.717, 1.165) is 22.7 Å². The molecule has 84 valence electrons. The van der Waals surface area contributed by atoms with E-state index in [4.69, 9.17) is 0 Å². The predicted octanol–water partition coefficient (Wildman–Crippen LogP) is 4.25. The maximum Gasteiger partial charge on any atom is -0.0227 e. The highest BCUT2D eigenvalue weighted by atomic mass is 14.9. The molecule has 0 aromatic heterocycles. The van der Waals surface area contributed by atoms with Crippen LogP contribution in [0.25, 0.3) is 0 Å². The van der Waals surface area contributed by atoms with Gasteiger partial charge in [-0.1, -0.05) is 33.1 Å². The lowest BCUT2D eigenvalue weighted by Gasteiger charge is -2.28. The molecule has 2 bridgehead atoms. The minimum atomic E-state index is 0.916. The van der Waals surface area contributed by atoms with Crippen molar-refractivity contribution >= 4 is 0 Å². The zero-order valence-corrected chi connectivity index (χ0v) is 10.3. The van der Waals surface area contributed by atoms with Gasteiger partial charge in [-0.15, -0.1) is 0 Å². The van der Waals surface area contributed by atoms with Crippen LogP contribution in [0.3, 0.4) is 0 Å². The van der Waals surface area contributed by atoms with Gasteiger partial charge in [0.2, 0.25) is 0 Å². The molecule has 5 unspecified atom stereocenters. The molecule has 4 aliphatic carbocycles. The van der Waals surface area contributed by atoms with E-state index in [0.29, 0.717) is 0 Å². The first-order valence-corrected chi connectivity index (χ1v) is 7.24. The fourth-order valence-corrected chi connectivity index (χ4v) is 6.10. The minimum absolute atomic E-state index is 0.916. The summed E-state index contributed by atoms with van der Waals surface area (Å²) in [5, 5.41) is 0. The Kier molecular flexibility index (Phi) is 1.49. The smallest absolute Gasteiger partial charge is 0.0227 e. The summed E-state index contributed by atoms with van der Waals surface area (Å²) >= 11 is 0. The van der Waals surface area contributed by atoms with Crippen LogP contribution >= 0.6 is 0 Å². The van der Waals surface area contributed by atoms with Gasteiger partial charge in [-0.25, -0.2) is 0 Å². The first-order chi connectivity index (χ1) is 7.24. The van der Waals surface area contributed by atoms with E-state index in [2.05, 4.69) is 13.8 Å². The standard InChI is InChI=1S/C15H24/c1-3-4-5-6-11-10(2)14-7-12(14)13-8-15(11,13)9-14/h10-13H,3-9H2,1-2H3/t10-,11?,12?,13?,14?,15?/m0/s1. The highest BCUT2D eigenvalue weighted by Gasteiger charge is 2.86. The molecule has 0 aromatic rings. The van der Waals surface area contributed by atoms with E-state index in [1.54, 1.807) is 25.7 Å². The van der Waals surface area contributed by atoms with Crippen molar-refractivity contribution in [3.05, 3.63) is 0 Å². The second-order valence-electron chi connectivity index (χ2n) is 7.16. The summed E-state index contributed by atoms with van der Waals surface area (Å²) in [4.78, 5) is 0. The number of hydrogen-bond acceptors (Lipinski definition) is 0. The Balaban J connectivity index is 1.52. The summed E-state index contributed by atoms with van der Waals surface area (Å²) in [5.74, 6) is 4.68. The monoisotopic (exact) mass is 204 g/mol. The predicted molar refractivity (Wildman–Crippen MR) is 62.5 cm³/mol. The number of fused-ring (bicyclic) bond motifs is 1. The summed E-state index contributed by atoms with van der Waals surface area (Å²) < 4.78 is 0. The zero-order chi connectivity index (χ0) is 10.3. The van der Waals surface area contributed by atoms with Crippen molar-refractivity contribution in [1.82, 2.24) is 0 Å². The molecule has 15 heavy (non-hydrogen) atoms. The summed E-state index contributed by atoms with van der Waals surface area (Å²) in [7, 11) is 0. The van der Waals surface area contributed by atoms with Gasteiger partial charge in [0.25, 0.3) is 0 Å². The Morgan fingerprint density at radius 2 is 1.80 bits per heavy atom. The van der Waals surface area contributed by atoms with Gasteiger partial charge in [0, 0.05) is 0 Å². The Bertz CT molecular complexity index is 307. The van der Waals surface area contributed by atoms with E-state index < -0.39 is 0 Å². The topological polar surface area (TPSA) is 0 Å². The van der Waals surface area contributed by atoms with Gasteiger partial charge in [-0.05, 0) is 60.2 Å². The molecule has 4 fully saturated rings. The molecule has 0 heteroatoms. The van der Waals surface area contributed by atoms with Crippen molar-refractivity contribution < 1.29 is 0 Å². The van der Waals surface area contributed by atoms with Gasteiger partial charge >= 0.3 is 0 Å². The summed E-state index contributed by atoms with van der Waals surface area (Å²) in [6, 6.07) is 0. The first kappa shape index (κ1) is 9.07. The van der Waals surface area contributed by atoms with Crippen LogP contribution in [0, 0.1) is 34.5 Å². The lowest BCUT2D eigenvalue weighted by atomic mass is 9.77. The third-order valence-electron chi connectivity index (χ3n) is 6.87. The Hall–Kier alpha value is 0. The molecule has 0 saturated heterocycles. The van der Waals surface area contributed by atoms with E-state index in [1.807, 2.05) is 0 Å². The molecule has 4 saturated carbocycles. The molecule has 2 spiro atoms. The first-order valence-electron chi connectivity index (χ1n) is 7.24. The van der Waals surface area contributed by atoms with Crippen molar-refractivity contribution in [2.75, 3.05) is 0 Å². The van der Waals surface area contributed by atoms with Crippen LogP contribution in [-0.4, -0.2) is 0 Å². The lowest BCUT2D eigenvalue weighted by Crippen LogP contribution is -2.22. The molecule has 6 atom stereocenters. The van der Waals surface area contributed by atoms with Crippen LogP contribution in [0.5, 0.6) is 0 Å². The van der Waals surface area contributed by atoms with Crippen molar-refractivity contribution in [1.29, 1.82) is 0 Å². The maximum atomic E-state index is 2.60. The summed E-state index contributed by atoms with van der Waals surface area (Å²) in [5.41, 5.74) is 1.84. The normalized spacial score (nSPS) is 62.8. The van der Waals surface area contributed by atoms with E-state index >= 15 is 0 Å². The van der Waals surface area contributed by atoms with Gasteiger partial charge in [0.15, 0.2) is 0 Å². The van der Waals surface area contributed by atoms with Crippen molar-refractivity contribution in [2.45, 2.75) is 58.8 Å². The molecule has 4 rings (SSSR count). The lowest BCUT2D eigenvalue weighted by molar-refractivity contribution is 0.205. The zero-order valence-electron chi connectivity index (χ0n) is 10.3. The molecule has 0 nitrogen and oxygen atoms in total. The van der Waals surface area contributed by atoms with E-state index in [-0.39, 0.29) is 0 Å². The molecular weight excluding hydrogens is 180 g/mol. The van der Waals surface area contributed by atoms with Gasteiger partial charge in [-0.3, -0.25) is 0 Å². The van der Waals surface area contributed by atoms with Crippen LogP contribution in [0.15, 0.2) is 0 Å². The third-order valence-corrected chi connectivity index (χ3v) is 6.87. The van der Waals surface area contributed by atoms with Crippen LogP contribution in [-0.2, 0) is 0 Å². The van der Waals surface area contributed by atoms with Crippen LogP contribution in [0.1, 0.15) is 58.8 Å². The van der Waals surface area contributed by atoms with Crippen LogP contribution in [0.2, 0.25) is 0 Å². The van der Waals surface area contributed by atoms with Crippen LogP contribution < -0.4 is 0 Å². The van der Waals surface area contributed by atoms with Gasteiger partial charge in [0.1, 0.15) is 0 Å². The SMILES string of the molecule is CCCCCC1[C@H](C)C23CC2C2CC21C3. The van der Waals surface area contributed by atoms with Crippen molar-refractivity contribution in [3.8, 4) is 0 Å². The Morgan fingerprint density at radius 1 is 1.07 bits per heavy atom. The highest BCUT2D eigenvalue weighted by molar-refractivity contribution is 5.34. The largest absolute Gasteiger partial charge is 0.0654 e. The van der Waals surface area contributed by atoms with Gasteiger partial charge < -0.3 is 0 Å². The maximum absolute atomic E-state index is 2.60. The van der Waals surface area contributed by atoms with Crippen molar-refractivity contribution in [3.63, 3.8) is 0 Å². The molecule has 0 amide bonds. The molecule has 0 N–H and O–H groups in total. The fourth-order valence-electron chi connectivity index (χ4n) is 6.10. The number of hydrogen-bond donors (Lipinski definition) is 0. The van der Waals surface area contributed by atoms with Gasteiger partial charge in [-0.2, -0.15) is 0 Å². The fraction of sp³-hybridized carbons (Fsp3) is 1.00. The molecule has 4 aliphatic rings. The number of unbranched alkanes of at least 4 members (excludes halogenated alkanes) is 2. The summed E-state index contributed by atoms with van der Waals surface area (Å²) in [6.07, 6.45) is 10.9. The second-order valence-corrected chi connectivity index (χ2v) is 7.16. The Morgan fingerprint density at radius 3 is 2.53 bits per heavy atom. The third kappa shape index (κ3) is 0.840. The minimum Gasteiger partial charge on any atom is -0.0654 e. The molecule has 0 aliphatic heterocycles. The molecule has 0 aromatic carbocycles. The quantitative estimate of drug-likeness (QED) is 0.601. The van der Waals surface area contributed by atoms with E-state index in [1.165, 1.54) is 31.1 Å². The second kappa shape index (κ2) is 2.46. The van der Waals surface area contributed by atoms with Crippen LogP contribution in [0.4, 0.5) is 0 Å². The molecule has 0 heterocycles. The molecular formula is C15H24. The van der Waals surface area contributed by atoms with E-state index in [9.17, 15) is 0 Å². The van der Waals surface area contributed by atoms with Crippen molar-refractivity contribution in [2.24, 2.45) is 34.5 Å². The average molecular weight is 204 g/mol. The summed E-state index contributed by atoms with van der Waals surface area (Å²) in [6.45, 7) is 4.93. The number of rotatable bonds is 4. The van der Waals surface area contributed by atoms with Gasteiger partial charge in [0.05, 0.1) is 0 Å². The Labute approximate surface area is 93.8 Å². The highest BCUT2D eigenvalue weighted by Crippen LogP contribution is 2.93. The average Bonchev–Trinajstić information content (AvgIpc) is 3.08.